The van der Waals surface area contributed by atoms with E-state index in [2.05, 4.69) is 5.32 Å². The summed E-state index contributed by atoms with van der Waals surface area (Å²) < 4.78 is 64.8. The van der Waals surface area contributed by atoms with E-state index in [0.717, 1.165) is 42.7 Å². The van der Waals surface area contributed by atoms with Gasteiger partial charge in [0.1, 0.15) is 4.21 Å². The Morgan fingerprint density at radius 2 is 1.70 bits per heavy atom. The molecule has 1 amide bonds. The van der Waals surface area contributed by atoms with Crippen molar-refractivity contribution in [2.45, 2.75) is 42.5 Å². The monoisotopic (exact) mass is 460 g/mol. The number of carbonyl (C=O) groups excluding carboxylic acids is 1. The van der Waals surface area contributed by atoms with E-state index in [0.29, 0.717) is 30.0 Å². The number of thiophene rings is 1. The number of amides is 1. The van der Waals surface area contributed by atoms with Gasteiger partial charge in [0.25, 0.3) is 10.0 Å². The number of sulfonamides is 1. The van der Waals surface area contributed by atoms with Gasteiger partial charge in [-0.05, 0) is 49.1 Å². The van der Waals surface area contributed by atoms with Gasteiger partial charge in [-0.2, -0.15) is 17.5 Å². The second kappa shape index (κ2) is 9.49. The van der Waals surface area contributed by atoms with E-state index >= 15 is 0 Å². The molecule has 1 N–H and O–H groups in total. The molecule has 1 aliphatic rings. The smallest absolute Gasteiger partial charge is 0.355 e. The van der Waals surface area contributed by atoms with Crippen LogP contribution in [0, 0.1) is 0 Å². The van der Waals surface area contributed by atoms with E-state index in [1.807, 2.05) is 0 Å². The predicted octanol–water partition coefficient (Wildman–Crippen LogP) is 3.84. The van der Waals surface area contributed by atoms with E-state index in [1.165, 1.54) is 16.4 Å². The van der Waals surface area contributed by atoms with Gasteiger partial charge in [-0.15, -0.1) is 11.3 Å². The molecule has 5 nitrogen and oxygen atoms in total. The third kappa shape index (κ3) is 5.83. The molecule has 0 atom stereocenters. The topological polar surface area (TPSA) is 66.5 Å². The summed E-state index contributed by atoms with van der Waals surface area (Å²) in [4.78, 5) is 12.8. The molecule has 0 radical (unpaired) electrons. The molecule has 2 aromatic rings. The molecule has 1 aromatic carbocycles. The number of hydrogen-bond donors (Lipinski definition) is 1. The maximum atomic E-state index is 12.7. The number of alkyl halides is 3. The van der Waals surface area contributed by atoms with Crippen molar-refractivity contribution in [2.24, 2.45) is 0 Å². The average molecular weight is 461 g/mol. The largest absolute Gasteiger partial charge is 0.416 e. The van der Waals surface area contributed by atoms with Crippen LogP contribution < -0.4 is 5.32 Å². The van der Waals surface area contributed by atoms with Crippen molar-refractivity contribution < 1.29 is 26.4 Å². The molecule has 30 heavy (non-hydrogen) atoms. The number of benzene rings is 1. The Morgan fingerprint density at radius 1 is 1.03 bits per heavy atom. The van der Waals surface area contributed by atoms with Crippen LogP contribution in [0.4, 0.5) is 13.2 Å². The van der Waals surface area contributed by atoms with Gasteiger partial charge >= 0.3 is 6.18 Å². The minimum Gasteiger partial charge on any atom is -0.355 e. The fraction of sp³-hybridized carbons (Fsp3) is 0.450. The fourth-order valence-electron chi connectivity index (χ4n) is 3.25. The Morgan fingerprint density at radius 3 is 2.33 bits per heavy atom. The van der Waals surface area contributed by atoms with Crippen LogP contribution in [-0.2, 0) is 33.8 Å². The highest BCUT2D eigenvalue weighted by atomic mass is 32.2. The number of halogens is 3. The Bertz CT molecular complexity index is 964. The Balaban J connectivity index is 1.48. The summed E-state index contributed by atoms with van der Waals surface area (Å²) in [6, 6.07) is 8.02. The zero-order valence-electron chi connectivity index (χ0n) is 16.2. The second-order valence-corrected chi connectivity index (χ2v) is 10.5. The van der Waals surface area contributed by atoms with Crippen molar-refractivity contribution in [1.29, 1.82) is 0 Å². The van der Waals surface area contributed by atoms with Crippen LogP contribution in [0.5, 0.6) is 0 Å². The van der Waals surface area contributed by atoms with Gasteiger partial charge in [0.2, 0.25) is 5.91 Å². The van der Waals surface area contributed by atoms with Gasteiger partial charge in [0.05, 0.1) is 12.0 Å². The summed E-state index contributed by atoms with van der Waals surface area (Å²) in [5.41, 5.74) is -0.0161. The quantitative estimate of drug-likeness (QED) is 0.683. The number of hydrogen-bond acceptors (Lipinski definition) is 4. The molecule has 1 saturated heterocycles. The maximum Gasteiger partial charge on any atom is 0.416 e. The summed E-state index contributed by atoms with van der Waals surface area (Å²) in [6.07, 6.45) is -1.14. The van der Waals surface area contributed by atoms with E-state index < -0.39 is 21.8 Å². The lowest BCUT2D eigenvalue weighted by atomic mass is 10.1. The van der Waals surface area contributed by atoms with Crippen molar-refractivity contribution in [3.8, 4) is 0 Å². The summed E-state index contributed by atoms with van der Waals surface area (Å²) in [5, 5.41) is 2.72. The Hall–Kier alpha value is -1.91. The number of piperidine rings is 1. The highest BCUT2D eigenvalue weighted by molar-refractivity contribution is 7.91. The van der Waals surface area contributed by atoms with E-state index in [4.69, 9.17) is 0 Å². The molecular formula is C20H23F3N2O3S2. The first-order chi connectivity index (χ1) is 14.2. The third-order valence-corrected chi connectivity index (χ3v) is 8.35. The number of carbonyl (C=O) groups is 1. The number of nitrogens with zero attached hydrogens (tertiary/aromatic N) is 1. The fourth-order valence-corrected chi connectivity index (χ4v) is 6.28. The first kappa shape index (κ1) is 22.8. The lowest BCUT2D eigenvalue weighted by molar-refractivity contribution is -0.137. The van der Waals surface area contributed by atoms with Gasteiger partial charge in [-0.1, -0.05) is 18.6 Å². The molecule has 1 aromatic heterocycles. The zero-order chi connectivity index (χ0) is 21.8. The summed E-state index contributed by atoms with van der Waals surface area (Å²) in [6.45, 7) is 1.34. The Kier molecular flexibility index (Phi) is 7.20. The van der Waals surface area contributed by atoms with Gasteiger partial charge in [0, 0.05) is 24.5 Å². The van der Waals surface area contributed by atoms with Crippen molar-refractivity contribution in [2.75, 3.05) is 19.6 Å². The normalized spacial score (nSPS) is 15.8. The predicted molar refractivity (Wildman–Crippen MR) is 109 cm³/mol. The van der Waals surface area contributed by atoms with E-state index in [1.54, 1.807) is 12.1 Å². The van der Waals surface area contributed by atoms with Gasteiger partial charge in [0.15, 0.2) is 0 Å². The number of rotatable bonds is 7. The maximum absolute atomic E-state index is 12.7. The molecule has 0 unspecified atom stereocenters. The van der Waals surface area contributed by atoms with Crippen LogP contribution in [0.1, 0.15) is 35.3 Å². The van der Waals surface area contributed by atoms with Gasteiger partial charge in [-0.25, -0.2) is 8.42 Å². The highest BCUT2D eigenvalue weighted by Crippen LogP contribution is 2.29. The second-order valence-electron chi connectivity index (χ2n) is 7.16. The van der Waals surface area contributed by atoms with Crippen LogP contribution in [-0.4, -0.2) is 38.3 Å². The van der Waals surface area contributed by atoms with Crippen LogP contribution in [0.25, 0.3) is 0 Å². The minimum atomic E-state index is -4.37. The SMILES string of the molecule is O=C(Cc1ccc(S(=O)(=O)N2CCCCC2)s1)NCCc1ccc(C(F)(F)F)cc1. The molecule has 0 spiro atoms. The Labute approximate surface area is 178 Å². The van der Waals surface area contributed by atoms with Crippen molar-refractivity contribution >= 4 is 27.3 Å². The van der Waals surface area contributed by atoms with Crippen LogP contribution in [0.3, 0.4) is 0 Å². The molecule has 3 rings (SSSR count). The van der Waals surface area contributed by atoms with E-state index in [9.17, 15) is 26.4 Å². The zero-order valence-corrected chi connectivity index (χ0v) is 17.9. The molecular weight excluding hydrogens is 437 g/mol. The third-order valence-electron chi connectivity index (χ3n) is 4.90. The summed E-state index contributed by atoms with van der Waals surface area (Å²) >= 11 is 1.10. The van der Waals surface area contributed by atoms with Crippen LogP contribution in [0.15, 0.2) is 40.6 Å². The summed E-state index contributed by atoms with van der Waals surface area (Å²) in [5.74, 6) is -0.259. The molecule has 1 aliphatic heterocycles. The summed E-state index contributed by atoms with van der Waals surface area (Å²) in [7, 11) is -3.50. The molecule has 2 heterocycles. The molecule has 0 saturated carbocycles. The van der Waals surface area contributed by atoms with Crippen LogP contribution >= 0.6 is 11.3 Å². The van der Waals surface area contributed by atoms with Crippen molar-refractivity contribution in [3.05, 3.63) is 52.4 Å². The van der Waals surface area contributed by atoms with Crippen molar-refractivity contribution in [1.82, 2.24) is 9.62 Å². The standard InChI is InChI=1S/C20H23F3N2O3S2/c21-20(22,23)16-6-4-15(5-7-16)10-11-24-18(26)14-17-8-9-19(29-17)30(27,28)25-12-2-1-3-13-25/h4-9H,1-3,10-14H2,(H,24,26). The van der Waals surface area contributed by atoms with E-state index in [-0.39, 0.29) is 23.1 Å². The molecule has 164 valence electrons. The molecule has 0 bridgehead atoms. The molecule has 10 heteroatoms. The lowest BCUT2D eigenvalue weighted by Gasteiger charge is -2.25. The van der Waals surface area contributed by atoms with Crippen LogP contribution in [0.2, 0.25) is 0 Å². The first-order valence-electron chi connectivity index (χ1n) is 9.68. The van der Waals surface area contributed by atoms with Crippen molar-refractivity contribution in [3.63, 3.8) is 0 Å². The average Bonchev–Trinajstić information content (AvgIpc) is 3.17. The highest BCUT2D eigenvalue weighted by Gasteiger charge is 2.30. The number of nitrogens with one attached hydrogen (secondary N) is 1. The van der Waals surface area contributed by atoms with Gasteiger partial charge < -0.3 is 5.32 Å². The lowest BCUT2D eigenvalue weighted by Crippen LogP contribution is -2.35. The molecule has 0 aliphatic carbocycles. The van der Waals surface area contributed by atoms with Gasteiger partial charge in [-0.3, -0.25) is 4.79 Å². The first-order valence-corrected chi connectivity index (χ1v) is 11.9. The molecule has 1 fully saturated rings. The minimum absolute atomic E-state index is 0.0627.